The van der Waals surface area contributed by atoms with E-state index in [9.17, 15) is 0 Å². The smallest absolute Gasteiger partial charge is 0.120 e. The molecule has 1 aromatic carbocycles. The predicted molar refractivity (Wildman–Crippen MR) is 58.2 cm³/mol. The second kappa shape index (κ2) is 5.25. The molecule has 0 amide bonds. The first-order chi connectivity index (χ1) is 6.22. The van der Waals surface area contributed by atoms with Crippen molar-refractivity contribution in [2.24, 2.45) is 0 Å². The van der Waals surface area contributed by atoms with Gasteiger partial charge in [0, 0.05) is 11.0 Å². The molecule has 1 aromatic rings. The number of benzene rings is 1. The van der Waals surface area contributed by atoms with Crippen LogP contribution in [-0.2, 0) is 0 Å². The van der Waals surface area contributed by atoms with E-state index in [1.807, 2.05) is 38.2 Å². The fourth-order valence-corrected chi connectivity index (χ4v) is 1.48. The molecule has 0 bridgehead atoms. The third-order valence-corrected chi connectivity index (χ3v) is 2.12. The molecule has 0 saturated heterocycles. The van der Waals surface area contributed by atoms with Gasteiger partial charge in [0.25, 0.3) is 0 Å². The van der Waals surface area contributed by atoms with Crippen LogP contribution in [0.3, 0.4) is 0 Å². The first-order valence-electron chi connectivity index (χ1n) is 4.29. The zero-order valence-corrected chi connectivity index (χ0v) is 9.47. The molecule has 3 heteroatoms. The summed E-state index contributed by atoms with van der Waals surface area (Å²) < 4.78 is 6.69. The van der Waals surface area contributed by atoms with Crippen molar-refractivity contribution in [1.82, 2.24) is 5.32 Å². The number of halogens is 1. The zero-order valence-electron chi connectivity index (χ0n) is 7.88. The van der Waals surface area contributed by atoms with E-state index >= 15 is 0 Å². The van der Waals surface area contributed by atoms with Crippen LogP contribution < -0.4 is 10.1 Å². The number of ether oxygens (including phenoxy) is 1. The van der Waals surface area contributed by atoms with Gasteiger partial charge in [-0.2, -0.15) is 0 Å². The molecule has 13 heavy (non-hydrogen) atoms. The van der Waals surface area contributed by atoms with Crippen LogP contribution in [-0.4, -0.2) is 19.7 Å². The first-order valence-corrected chi connectivity index (χ1v) is 5.08. The fourth-order valence-electron chi connectivity index (χ4n) is 1.10. The predicted octanol–water partition coefficient (Wildman–Crippen LogP) is 2.44. The van der Waals surface area contributed by atoms with Crippen molar-refractivity contribution < 1.29 is 4.74 Å². The maximum Gasteiger partial charge on any atom is 0.120 e. The lowest BCUT2D eigenvalue weighted by Crippen LogP contribution is -2.25. The third kappa shape index (κ3) is 3.79. The van der Waals surface area contributed by atoms with E-state index in [1.54, 1.807) is 0 Å². The molecule has 0 spiro atoms. The van der Waals surface area contributed by atoms with Crippen LogP contribution in [0.15, 0.2) is 28.7 Å². The van der Waals surface area contributed by atoms with Gasteiger partial charge < -0.3 is 10.1 Å². The minimum atomic E-state index is 0.194. The second-order valence-electron chi connectivity index (χ2n) is 2.94. The van der Waals surface area contributed by atoms with E-state index in [0.717, 1.165) is 16.8 Å². The SMILES string of the molecule is CNCC(C)Oc1cccc(Br)c1. The summed E-state index contributed by atoms with van der Waals surface area (Å²) >= 11 is 3.40. The quantitative estimate of drug-likeness (QED) is 0.878. The summed E-state index contributed by atoms with van der Waals surface area (Å²) in [6.07, 6.45) is 0.194. The van der Waals surface area contributed by atoms with Crippen molar-refractivity contribution in [3.63, 3.8) is 0 Å². The summed E-state index contributed by atoms with van der Waals surface area (Å²) in [7, 11) is 1.92. The van der Waals surface area contributed by atoms with Crippen LogP contribution in [0.1, 0.15) is 6.92 Å². The molecule has 0 aromatic heterocycles. The Morgan fingerprint density at radius 1 is 1.54 bits per heavy atom. The van der Waals surface area contributed by atoms with Gasteiger partial charge in [-0.25, -0.2) is 0 Å². The molecule has 0 radical (unpaired) electrons. The number of hydrogen-bond acceptors (Lipinski definition) is 2. The molecule has 0 aliphatic heterocycles. The number of rotatable bonds is 4. The molecule has 2 nitrogen and oxygen atoms in total. The second-order valence-corrected chi connectivity index (χ2v) is 3.86. The average Bonchev–Trinajstić information content (AvgIpc) is 2.04. The lowest BCUT2D eigenvalue weighted by atomic mass is 10.3. The Morgan fingerprint density at radius 2 is 2.31 bits per heavy atom. The van der Waals surface area contributed by atoms with Gasteiger partial charge in [0.05, 0.1) is 0 Å². The molecule has 0 heterocycles. The molecule has 0 fully saturated rings. The molecule has 72 valence electrons. The number of nitrogens with one attached hydrogen (secondary N) is 1. The van der Waals surface area contributed by atoms with Crippen LogP contribution in [0.4, 0.5) is 0 Å². The van der Waals surface area contributed by atoms with Gasteiger partial charge in [0.15, 0.2) is 0 Å². The molecule has 1 atom stereocenters. The molecule has 1 N–H and O–H groups in total. The van der Waals surface area contributed by atoms with Crippen molar-refractivity contribution in [3.8, 4) is 5.75 Å². The standard InChI is InChI=1S/C10H14BrNO/c1-8(7-12-2)13-10-5-3-4-9(11)6-10/h3-6,8,12H,7H2,1-2H3. The molecule has 1 unspecified atom stereocenters. The van der Waals surface area contributed by atoms with Gasteiger partial charge in [-0.05, 0) is 32.2 Å². The molecular weight excluding hydrogens is 230 g/mol. The van der Waals surface area contributed by atoms with Gasteiger partial charge in [0.1, 0.15) is 11.9 Å². The van der Waals surface area contributed by atoms with Gasteiger partial charge in [-0.15, -0.1) is 0 Å². The largest absolute Gasteiger partial charge is 0.489 e. The zero-order chi connectivity index (χ0) is 9.68. The lowest BCUT2D eigenvalue weighted by molar-refractivity contribution is 0.220. The molecule has 0 saturated carbocycles. The van der Waals surface area contributed by atoms with Crippen LogP contribution in [0.25, 0.3) is 0 Å². The average molecular weight is 244 g/mol. The van der Waals surface area contributed by atoms with Crippen LogP contribution in [0, 0.1) is 0 Å². The summed E-state index contributed by atoms with van der Waals surface area (Å²) in [4.78, 5) is 0. The normalized spacial score (nSPS) is 12.5. The van der Waals surface area contributed by atoms with Crippen molar-refractivity contribution in [1.29, 1.82) is 0 Å². The fraction of sp³-hybridized carbons (Fsp3) is 0.400. The lowest BCUT2D eigenvalue weighted by Gasteiger charge is -2.13. The van der Waals surface area contributed by atoms with E-state index in [2.05, 4.69) is 21.2 Å². The van der Waals surface area contributed by atoms with Gasteiger partial charge in [-0.3, -0.25) is 0 Å². The Kier molecular flexibility index (Phi) is 4.25. The minimum Gasteiger partial charge on any atom is -0.489 e. The molecule has 0 aliphatic carbocycles. The topological polar surface area (TPSA) is 21.3 Å². The maximum atomic E-state index is 5.64. The summed E-state index contributed by atoms with van der Waals surface area (Å²) in [5.41, 5.74) is 0. The van der Waals surface area contributed by atoms with E-state index < -0.39 is 0 Å². The maximum absolute atomic E-state index is 5.64. The molecular formula is C10H14BrNO. The van der Waals surface area contributed by atoms with Gasteiger partial charge >= 0.3 is 0 Å². The van der Waals surface area contributed by atoms with Crippen LogP contribution in [0.5, 0.6) is 5.75 Å². The summed E-state index contributed by atoms with van der Waals surface area (Å²) in [6.45, 7) is 2.89. The molecule has 0 aliphatic rings. The first kappa shape index (κ1) is 10.5. The highest BCUT2D eigenvalue weighted by molar-refractivity contribution is 9.10. The summed E-state index contributed by atoms with van der Waals surface area (Å²) in [5.74, 6) is 0.900. The molecule has 1 rings (SSSR count). The Labute approximate surface area is 87.4 Å². The third-order valence-electron chi connectivity index (χ3n) is 1.62. The monoisotopic (exact) mass is 243 g/mol. The van der Waals surface area contributed by atoms with Crippen molar-refractivity contribution in [2.45, 2.75) is 13.0 Å². The highest BCUT2D eigenvalue weighted by Crippen LogP contribution is 2.18. The van der Waals surface area contributed by atoms with Crippen molar-refractivity contribution in [3.05, 3.63) is 28.7 Å². The van der Waals surface area contributed by atoms with Crippen molar-refractivity contribution >= 4 is 15.9 Å². The highest BCUT2D eigenvalue weighted by atomic mass is 79.9. The van der Waals surface area contributed by atoms with Gasteiger partial charge in [-0.1, -0.05) is 22.0 Å². The van der Waals surface area contributed by atoms with Crippen LogP contribution >= 0.6 is 15.9 Å². The van der Waals surface area contributed by atoms with E-state index in [0.29, 0.717) is 0 Å². The van der Waals surface area contributed by atoms with E-state index in [4.69, 9.17) is 4.74 Å². The Morgan fingerprint density at radius 3 is 2.92 bits per heavy atom. The van der Waals surface area contributed by atoms with Crippen molar-refractivity contribution in [2.75, 3.05) is 13.6 Å². The highest BCUT2D eigenvalue weighted by Gasteiger charge is 2.01. The van der Waals surface area contributed by atoms with Crippen LogP contribution in [0.2, 0.25) is 0 Å². The number of hydrogen-bond donors (Lipinski definition) is 1. The Hall–Kier alpha value is -0.540. The summed E-state index contributed by atoms with van der Waals surface area (Å²) in [5, 5.41) is 3.07. The Bertz CT molecular complexity index is 265. The van der Waals surface area contributed by atoms with Gasteiger partial charge in [0.2, 0.25) is 0 Å². The van der Waals surface area contributed by atoms with E-state index in [-0.39, 0.29) is 6.10 Å². The number of likely N-dealkylation sites (N-methyl/N-ethyl adjacent to an activating group) is 1. The summed E-state index contributed by atoms with van der Waals surface area (Å²) in [6, 6.07) is 7.87. The minimum absolute atomic E-state index is 0.194. The Balaban J connectivity index is 2.53. The van der Waals surface area contributed by atoms with E-state index in [1.165, 1.54) is 0 Å².